The Balaban J connectivity index is 2.85. The van der Waals surface area contributed by atoms with Crippen LogP contribution in [0.1, 0.15) is 23.7 Å². The summed E-state index contributed by atoms with van der Waals surface area (Å²) in [6, 6.07) is 5.39. The molecule has 0 saturated heterocycles. The van der Waals surface area contributed by atoms with Gasteiger partial charge < -0.3 is 5.73 Å². The molecular formula is C11H12FNO. The number of hydrogen-bond donors (Lipinski definition) is 1. The van der Waals surface area contributed by atoms with Crippen LogP contribution < -0.4 is 5.73 Å². The van der Waals surface area contributed by atoms with Crippen molar-refractivity contribution in [1.29, 1.82) is 0 Å². The highest BCUT2D eigenvalue weighted by Gasteiger charge is 2.02. The van der Waals surface area contributed by atoms with E-state index >= 15 is 0 Å². The SMILES string of the molecule is CC/C(N)=C/C(=O)c1ccc(F)cc1. The van der Waals surface area contributed by atoms with E-state index in [1.54, 1.807) is 0 Å². The van der Waals surface area contributed by atoms with E-state index in [9.17, 15) is 9.18 Å². The number of carbonyl (C=O) groups is 1. The molecule has 0 aromatic heterocycles. The number of carbonyl (C=O) groups excluding carboxylic acids is 1. The zero-order chi connectivity index (χ0) is 10.6. The summed E-state index contributed by atoms with van der Waals surface area (Å²) >= 11 is 0. The van der Waals surface area contributed by atoms with Crippen molar-refractivity contribution in [2.45, 2.75) is 13.3 Å². The normalized spacial score (nSPS) is 11.4. The monoisotopic (exact) mass is 193 g/mol. The van der Waals surface area contributed by atoms with Crippen LogP contribution in [0.15, 0.2) is 36.0 Å². The number of halogens is 1. The summed E-state index contributed by atoms with van der Waals surface area (Å²) in [6.07, 6.45) is 2.00. The molecule has 0 saturated carbocycles. The topological polar surface area (TPSA) is 43.1 Å². The zero-order valence-electron chi connectivity index (χ0n) is 7.96. The Morgan fingerprint density at radius 2 is 2.00 bits per heavy atom. The molecule has 1 aromatic rings. The maximum absolute atomic E-state index is 12.5. The fourth-order valence-electron chi connectivity index (χ4n) is 0.968. The van der Waals surface area contributed by atoms with Crippen LogP contribution in [-0.4, -0.2) is 5.78 Å². The Bertz CT molecular complexity index is 354. The summed E-state index contributed by atoms with van der Waals surface area (Å²) < 4.78 is 12.5. The van der Waals surface area contributed by atoms with Gasteiger partial charge in [0.05, 0.1) is 0 Å². The van der Waals surface area contributed by atoms with Gasteiger partial charge in [0.1, 0.15) is 5.82 Å². The first-order valence-corrected chi connectivity index (χ1v) is 4.39. The fourth-order valence-corrected chi connectivity index (χ4v) is 0.968. The predicted octanol–water partition coefficient (Wildman–Crippen LogP) is 2.26. The Kier molecular flexibility index (Phi) is 3.40. The van der Waals surface area contributed by atoms with E-state index in [1.165, 1.54) is 30.3 Å². The molecule has 2 N–H and O–H groups in total. The van der Waals surface area contributed by atoms with Gasteiger partial charge in [0.2, 0.25) is 0 Å². The Labute approximate surface area is 82.2 Å². The molecule has 0 radical (unpaired) electrons. The number of allylic oxidation sites excluding steroid dienone is 2. The highest BCUT2D eigenvalue weighted by Crippen LogP contribution is 2.05. The minimum atomic E-state index is -0.353. The van der Waals surface area contributed by atoms with Gasteiger partial charge in [0.25, 0.3) is 0 Å². The lowest BCUT2D eigenvalue weighted by atomic mass is 10.1. The first-order chi connectivity index (χ1) is 6.63. The van der Waals surface area contributed by atoms with Crippen LogP contribution in [-0.2, 0) is 0 Å². The average Bonchev–Trinajstić information content (AvgIpc) is 2.18. The van der Waals surface area contributed by atoms with E-state index in [-0.39, 0.29) is 11.6 Å². The summed E-state index contributed by atoms with van der Waals surface area (Å²) in [7, 11) is 0. The molecule has 14 heavy (non-hydrogen) atoms. The molecule has 0 aliphatic carbocycles. The standard InChI is InChI=1S/C11H12FNO/c1-2-10(13)7-11(14)8-3-5-9(12)6-4-8/h3-7H,2,13H2,1H3/b10-7-. The lowest BCUT2D eigenvalue weighted by molar-refractivity contribution is 0.104. The van der Waals surface area contributed by atoms with E-state index in [4.69, 9.17) is 5.73 Å². The predicted molar refractivity (Wildman–Crippen MR) is 53.3 cm³/mol. The third-order valence-corrected chi connectivity index (χ3v) is 1.85. The fraction of sp³-hybridized carbons (Fsp3) is 0.182. The highest BCUT2D eigenvalue weighted by molar-refractivity contribution is 6.04. The summed E-state index contributed by atoms with van der Waals surface area (Å²) in [5.41, 5.74) is 6.48. The van der Waals surface area contributed by atoms with Crippen molar-refractivity contribution in [3.05, 3.63) is 47.4 Å². The van der Waals surface area contributed by atoms with Gasteiger partial charge in [0, 0.05) is 17.3 Å². The molecule has 2 nitrogen and oxygen atoms in total. The van der Waals surface area contributed by atoms with E-state index in [0.29, 0.717) is 17.7 Å². The van der Waals surface area contributed by atoms with Crippen molar-refractivity contribution in [3.8, 4) is 0 Å². The zero-order valence-corrected chi connectivity index (χ0v) is 7.96. The van der Waals surface area contributed by atoms with Gasteiger partial charge in [-0.15, -0.1) is 0 Å². The van der Waals surface area contributed by atoms with Crippen LogP contribution in [0.4, 0.5) is 4.39 Å². The Morgan fingerprint density at radius 1 is 1.43 bits per heavy atom. The van der Waals surface area contributed by atoms with E-state index < -0.39 is 0 Å². The van der Waals surface area contributed by atoms with Gasteiger partial charge in [-0.25, -0.2) is 4.39 Å². The van der Waals surface area contributed by atoms with Crippen molar-refractivity contribution < 1.29 is 9.18 Å². The van der Waals surface area contributed by atoms with Gasteiger partial charge in [-0.2, -0.15) is 0 Å². The van der Waals surface area contributed by atoms with Crippen molar-refractivity contribution in [2.24, 2.45) is 5.73 Å². The second kappa shape index (κ2) is 4.56. The van der Waals surface area contributed by atoms with E-state index in [2.05, 4.69) is 0 Å². The molecular weight excluding hydrogens is 181 g/mol. The second-order valence-corrected chi connectivity index (χ2v) is 2.94. The molecule has 0 unspecified atom stereocenters. The van der Waals surface area contributed by atoms with Gasteiger partial charge in [-0.05, 0) is 30.7 Å². The lowest BCUT2D eigenvalue weighted by Crippen LogP contribution is -2.01. The largest absolute Gasteiger partial charge is 0.402 e. The van der Waals surface area contributed by atoms with Gasteiger partial charge in [-0.3, -0.25) is 4.79 Å². The maximum atomic E-state index is 12.5. The molecule has 0 bridgehead atoms. The molecule has 3 heteroatoms. The summed E-state index contributed by atoms with van der Waals surface area (Å²) in [4.78, 5) is 11.4. The van der Waals surface area contributed by atoms with Crippen LogP contribution in [0.2, 0.25) is 0 Å². The first-order valence-electron chi connectivity index (χ1n) is 4.39. The number of hydrogen-bond acceptors (Lipinski definition) is 2. The van der Waals surface area contributed by atoms with Gasteiger partial charge in [-0.1, -0.05) is 6.92 Å². The molecule has 1 aromatic carbocycles. The summed E-state index contributed by atoms with van der Waals surface area (Å²) in [6.45, 7) is 1.86. The van der Waals surface area contributed by atoms with Gasteiger partial charge in [0.15, 0.2) is 5.78 Å². The van der Waals surface area contributed by atoms with Gasteiger partial charge >= 0.3 is 0 Å². The first kappa shape index (κ1) is 10.4. The number of ketones is 1. The molecule has 0 aliphatic rings. The summed E-state index contributed by atoms with van der Waals surface area (Å²) in [5.74, 6) is -0.543. The second-order valence-electron chi connectivity index (χ2n) is 2.94. The minimum absolute atomic E-state index is 0.190. The quantitative estimate of drug-likeness (QED) is 0.591. The van der Waals surface area contributed by atoms with Crippen LogP contribution >= 0.6 is 0 Å². The minimum Gasteiger partial charge on any atom is -0.402 e. The van der Waals surface area contributed by atoms with Crippen LogP contribution in [0, 0.1) is 5.82 Å². The molecule has 0 heterocycles. The smallest absolute Gasteiger partial charge is 0.187 e. The molecule has 0 fully saturated rings. The van der Waals surface area contributed by atoms with Crippen LogP contribution in [0.3, 0.4) is 0 Å². The molecule has 0 aliphatic heterocycles. The van der Waals surface area contributed by atoms with Crippen molar-refractivity contribution in [1.82, 2.24) is 0 Å². The van der Waals surface area contributed by atoms with E-state index in [1.807, 2.05) is 6.92 Å². The third kappa shape index (κ3) is 2.69. The number of rotatable bonds is 3. The van der Waals surface area contributed by atoms with E-state index in [0.717, 1.165) is 0 Å². The lowest BCUT2D eigenvalue weighted by Gasteiger charge is -1.97. The van der Waals surface area contributed by atoms with Crippen molar-refractivity contribution in [3.63, 3.8) is 0 Å². The number of nitrogens with two attached hydrogens (primary N) is 1. The summed E-state index contributed by atoms with van der Waals surface area (Å²) in [5, 5.41) is 0. The van der Waals surface area contributed by atoms with Crippen molar-refractivity contribution >= 4 is 5.78 Å². The number of benzene rings is 1. The third-order valence-electron chi connectivity index (χ3n) is 1.85. The Morgan fingerprint density at radius 3 is 2.50 bits per heavy atom. The van der Waals surface area contributed by atoms with Crippen LogP contribution in [0.5, 0.6) is 0 Å². The van der Waals surface area contributed by atoms with Crippen molar-refractivity contribution in [2.75, 3.05) is 0 Å². The molecule has 0 amide bonds. The highest BCUT2D eigenvalue weighted by atomic mass is 19.1. The Hall–Kier alpha value is -1.64. The molecule has 0 atom stereocenters. The van der Waals surface area contributed by atoms with Crippen LogP contribution in [0.25, 0.3) is 0 Å². The molecule has 1 rings (SSSR count). The molecule has 0 spiro atoms. The molecule has 74 valence electrons. The average molecular weight is 193 g/mol. The maximum Gasteiger partial charge on any atom is 0.187 e.